The third-order valence-electron chi connectivity index (χ3n) is 2.57. The molecule has 2 aromatic carbocycles. The molecular weight excluding hydrogens is 345 g/mol. The lowest BCUT2D eigenvalue weighted by Crippen LogP contribution is -2.02. The van der Waals surface area contributed by atoms with Crippen LogP contribution in [0.5, 0.6) is 5.75 Å². The van der Waals surface area contributed by atoms with Gasteiger partial charge in [0, 0.05) is 16.2 Å². The summed E-state index contributed by atoms with van der Waals surface area (Å²) in [7, 11) is 1.06. The second-order valence-corrected chi connectivity index (χ2v) is 6.99. The third-order valence-corrected chi connectivity index (χ3v) is 4.26. The lowest BCUT2D eigenvalue weighted by molar-refractivity contribution is 0.297. The fourth-order valence-electron chi connectivity index (χ4n) is 1.59. The summed E-state index contributed by atoms with van der Waals surface area (Å²) in [5.41, 5.74) is 0.445. The van der Waals surface area contributed by atoms with Crippen LogP contribution in [0.4, 0.5) is 8.78 Å². The Labute approximate surface area is 129 Å². The first-order chi connectivity index (χ1) is 9.77. The summed E-state index contributed by atoms with van der Waals surface area (Å²) in [5.74, 6) is -1.39. The number of hydrogen-bond donors (Lipinski definition) is 0. The van der Waals surface area contributed by atoms with Crippen LogP contribution in [0.3, 0.4) is 0 Å². The maximum Gasteiger partial charge on any atom is 0.265 e. The van der Waals surface area contributed by atoms with Gasteiger partial charge in [0.15, 0.2) is 0 Å². The fraction of sp³-hybridized carbons (Fsp3) is 0.0769. The van der Waals surface area contributed by atoms with Gasteiger partial charge >= 0.3 is 0 Å². The summed E-state index contributed by atoms with van der Waals surface area (Å²) in [6.45, 7) is -0.121. The van der Waals surface area contributed by atoms with Gasteiger partial charge in [0.05, 0.1) is 5.02 Å². The van der Waals surface area contributed by atoms with Crippen LogP contribution in [0.15, 0.2) is 41.3 Å². The summed E-state index contributed by atoms with van der Waals surface area (Å²) >= 11 is 5.83. The molecule has 0 heterocycles. The molecule has 8 heteroatoms. The van der Waals surface area contributed by atoms with Crippen molar-refractivity contribution in [2.75, 3.05) is 0 Å². The van der Waals surface area contributed by atoms with Gasteiger partial charge in [-0.3, -0.25) is 0 Å². The average molecular weight is 353 g/mol. The Balaban J connectivity index is 2.28. The second-order valence-electron chi connectivity index (χ2n) is 4.05. The van der Waals surface area contributed by atoms with E-state index in [4.69, 9.17) is 27.0 Å². The number of rotatable bonds is 4. The van der Waals surface area contributed by atoms with E-state index in [1.54, 1.807) is 0 Å². The van der Waals surface area contributed by atoms with Crippen molar-refractivity contribution in [2.24, 2.45) is 0 Å². The van der Waals surface area contributed by atoms with Crippen molar-refractivity contribution >= 4 is 31.3 Å². The zero-order chi connectivity index (χ0) is 15.6. The Hall–Kier alpha value is -1.37. The van der Waals surface area contributed by atoms with E-state index in [1.165, 1.54) is 12.1 Å². The van der Waals surface area contributed by atoms with Crippen molar-refractivity contribution in [1.29, 1.82) is 0 Å². The summed E-state index contributed by atoms with van der Waals surface area (Å²) in [4.78, 5) is -0.484. The number of benzene rings is 2. The molecule has 2 rings (SSSR count). The highest BCUT2D eigenvalue weighted by molar-refractivity contribution is 8.13. The Morgan fingerprint density at radius 3 is 2.29 bits per heavy atom. The lowest BCUT2D eigenvalue weighted by atomic mass is 10.2. The molecule has 0 amide bonds. The second kappa shape index (κ2) is 6.17. The van der Waals surface area contributed by atoms with Gasteiger partial charge < -0.3 is 4.74 Å². The van der Waals surface area contributed by atoms with E-state index in [9.17, 15) is 17.2 Å². The molecule has 0 aliphatic heterocycles. The van der Waals surface area contributed by atoms with Gasteiger partial charge in [0.25, 0.3) is 9.05 Å². The first-order valence-electron chi connectivity index (χ1n) is 5.58. The largest absolute Gasteiger partial charge is 0.487 e. The van der Waals surface area contributed by atoms with E-state index in [1.807, 2.05) is 0 Å². The fourth-order valence-corrected chi connectivity index (χ4v) is 2.79. The monoisotopic (exact) mass is 352 g/mol. The minimum atomic E-state index is -4.16. The van der Waals surface area contributed by atoms with Gasteiger partial charge in [0.1, 0.15) is 28.9 Å². The summed E-state index contributed by atoms with van der Waals surface area (Å²) in [6.07, 6.45) is 0. The quantitative estimate of drug-likeness (QED) is 0.777. The maximum absolute atomic E-state index is 13.1. The minimum absolute atomic E-state index is 0.119. The SMILES string of the molecule is O=S(=O)(Cl)c1cc(F)ccc1OCc1ccc(F)cc1Cl. The zero-order valence-electron chi connectivity index (χ0n) is 10.3. The molecule has 0 saturated carbocycles. The van der Waals surface area contributed by atoms with Crippen molar-refractivity contribution in [2.45, 2.75) is 11.5 Å². The lowest BCUT2D eigenvalue weighted by Gasteiger charge is -2.10. The molecule has 0 aromatic heterocycles. The van der Waals surface area contributed by atoms with Gasteiger partial charge in [-0.25, -0.2) is 17.2 Å². The Morgan fingerprint density at radius 1 is 1.05 bits per heavy atom. The topological polar surface area (TPSA) is 43.4 Å². The van der Waals surface area contributed by atoms with E-state index >= 15 is 0 Å². The van der Waals surface area contributed by atoms with Crippen LogP contribution in [-0.4, -0.2) is 8.42 Å². The van der Waals surface area contributed by atoms with Crippen LogP contribution in [-0.2, 0) is 15.7 Å². The average Bonchev–Trinajstić information content (AvgIpc) is 2.38. The molecule has 0 saturated heterocycles. The molecule has 2 aromatic rings. The van der Waals surface area contributed by atoms with E-state index in [2.05, 4.69) is 0 Å². The van der Waals surface area contributed by atoms with Gasteiger partial charge in [-0.1, -0.05) is 17.7 Å². The Bertz CT molecular complexity index is 779. The first kappa shape index (κ1) is 16.0. The Morgan fingerprint density at radius 2 is 1.67 bits per heavy atom. The minimum Gasteiger partial charge on any atom is -0.487 e. The molecular formula is C13H8Cl2F2O3S. The highest BCUT2D eigenvalue weighted by atomic mass is 35.7. The standard InChI is InChI=1S/C13H8Cl2F2O3S/c14-11-5-9(16)2-1-8(11)7-20-12-4-3-10(17)6-13(12)21(15,18)19/h1-6H,7H2. The summed E-state index contributed by atoms with van der Waals surface area (Å²) in [6, 6.07) is 6.62. The molecule has 0 aliphatic carbocycles. The van der Waals surface area contributed by atoms with E-state index < -0.39 is 25.6 Å². The van der Waals surface area contributed by atoms with Crippen LogP contribution in [0.2, 0.25) is 5.02 Å². The van der Waals surface area contributed by atoms with Crippen LogP contribution in [0.1, 0.15) is 5.56 Å². The molecule has 21 heavy (non-hydrogen) atoms. The number of halogens is 4. The summed E-state index contributed by atoms with van der Waals surface area (Å²) in [5, 5.41) is 0.132. The van der Waals surface area contributed by atoms with Crippen LogP contribution < -0.4 is 4.74 Å². The van der Waals surface area contributed by atoms with Crippen molar-refractivity contribution in [3.05, 3.63) is 58.6 Å². The van der Waals surface area contributed by atoms with Crippen molar-refractivity contribution in [3.8, 4) is 5.75 Å². The predicted molar refractivity (Wildman–Crippen MR) is 75.2 cm³/mol. The molecule has 0 fully saturated rings. The molecule has 0 atom stereocenters. The van der Waals surface area contributed by atoms with Gasteiger partial charge in [-0.05, 0) is 30.3 Å². The zero-order valence-corrected chi connectivity index (χ0v) is 12.6. The van der Waals surface area contributed by atoms with Crippen LogP contribution in [0, 0.1) is 11.6 Å². The van der Waals surface area contributed by atoms with Crippen molar-refractivity contribution < 1.29 is 21.9 Å². The smallest absolute Gasteiger partial charge is 0.265 e. The predicted octanol–water partition coefficient (Wildman–Crippen LogP) is 4.12. The summed E-state index contributed by atoms with van der Waals surface area (Å²) < 4.78 is 54.1. The molecule has 0 aliphatic rings. The molecule has 3 nitrogen and oxygen atoms in total. The third kappa shape index (κ3) is 4.06. The molecule has 0 unspecified atom stereocenters. The van der Waals surface area contributed by atoms with E-state index in [-0.39, 0.29) is 17.4 Å². The van der Waals surface area contributed by atoms with Crippen LogP contribution in [0.25, 0.3) is 0 Å². The number of hydrogen-bond acceptors (Lipinski definition) is 3. The molecule has 0 radical (unpaired) electrons. The molecule has 112 valence electrons. The normalized spacial score (nSPS) is 11.4. The maximum atomic E-state index is 13.1. The molecule has 0 N–H and O–H groups in total. The molecule has 0 bridgehead atoms. The van der Waals surface area contributed by atoms with Gasteiger partial charge in [0.2, 0.25) is 0 Å². The van der Waals surface area contributed by atoms with Crippen molar-refractivity contribution in [1.82, 2.24) is 0 Å². The first-order valence-corrected chi connectivity index (χ1v) is 8.27. The highest BCUT2D eigenvalue weighted by Crippen LogP contribution is 2.29. The van der Waals surface area contributed by atoms with Crippen molar-refractivity contribution in [3.63, 3.8) is 0 Å². The molecule has 0 spiro atoms. The number of ether oxygens (including phenoxy) is 1. The van der Waals surface area contributed by atoms with Crippen LogP contribution >= 0.6 is 22.3 Å². The van der Waals surface area contributed by atoms with Gasteiger partial charge in [-0.2, -0.15) is 0 Å². The highest BCUT2D eigenvalue weighted by Gasteiger charge is 2.18. The van der Waals surface area contributed by atoms with Gasteiger partial charge in [-0.15, -0.1) is 0 Å². The van der Waals surface area contributed by atoms with E-state index in [0.29, 0.717) is 5.56 Å². The van der Waals surface area contributed by atoms with E-state index in [0.717, 1.165) is 24.3 Å². The Kier molecular flexibility index (Phi) is 4.70.